The van der Waals surface area contributed by atoms with Gasteiger partial charge in [0.2, 0.25) is 10.0 Å². The second kappa shape index (κ2) is 8.64. The summed E-state index contributed by atoms with van der Waals surface area (Å²) in [4.78, 5) is 6.07. The largest absolute Gasteiger partial charge is 0.396 e. The summed E-state index contributed by atoms with van der Waals surface area (Å²) in [6, 6.07) is 4.79. The minimum atomic E-state index is -3.99. The van der Waals surface area contributed by atoms with Crippen LogP contribution in [-0.2, 0) is 10.0 Å². The monoisotopic (exact) mass is 417 g/mol. The lowest BCUT2D eigenvalue weighted by atomic mass is 10.00. The number of H-pyrrole nitrogens is 1. The van der Waals surface area contributed by atoms with Crippen molar-refractivity contribution in [2.45, 2.75) is 18.2 Å². The molecule has 4 N–H and O–H groups in total. The minimum Gasteiger partial charge on any atom is -0.396 e. The Bertz CT molecular complexity index is 1050. The van der Waals surface area contributed by atoms with E-state index in [-0.39, 0.29) is 23.2 Å². The van der Waals surface area contributed by atoms with Crippen LogP contribution in [0, 0.1) is 5.92 Å². The van der Waals surface area contributed by atoms with E-state index < -0.39 is 10.0 Å². The maximum absolute atomic E-state index is 12.1. The molecule has 1 saturated heterocycles. The van der Waals surface area contributed by atoms with Gasteiger partial charge in [0, 0.05) is 31.2 Å². The topological polar surface area (TPSA) is 150 Å². The zero-order valence-electron chi connectivity index (χ0n) is 16.0. The summed E-state index contributed by atoms with van der Waals surface area (Å²) >= 11 is 0. The Morgan fingerprint density at radius 1 is 1.48 bits per heavy atom. The number of allylic oxidation sites excluding steroid dienone is 3. The fourth-order valence-corrected chi connectivity index (χ4v) is 4.10. The molecule has 0 radical (unpaired) electrons. The number of aromatic nitrogens is 4. The molecule has 0 saturated carbocycles. The fraction of sp³-hybridized carbons (Fsp3) is 0.333. The number of aromatic amines is 1. The molecule has 3 rings (SSSR count). The van der Waals surface area contributed by atoms with Gasteiger partial charge in [-0.1, -0.05) is 18.2 Å². The molecular formula is C18H23N7O3S. The van der Waals surface area contributed by atoms with Gasteiger partial charge in [-0.15, -0.1) is 5.10 Å². The van der Waals surface area contributed by atoms with Crippen molar-refractivity contribution in [1.29, 1.82) is 0 Å². The van der Waals surface area contributed by atoms with Crippen molar-refractivity contribution >= 4 is 22.3 Å². The zero-order chi connectivity index (χ0) is 21.0. The SMILES string of the molecule is C=N/C(=C\C=C(/C)c1cccc(S(N)(=O)=O)c1-c1nnn[nH]1)N1CCC(CO)C1. The van der Waals surface area contributed by atoms with Gasteiger partial charge in [-0.3, -0.25) is 0 Å². The second-order valence-corrected chi connectivity index (χ2v) is 8.32. The Hall–Kier alpha value is -2.89. The third-order valence-corrected chi connectivity index (χ3v) is 5.81. The summed E-state index contributed by atoms with van der Waals surface area (Å²) in [7, 11) is -3.99. The molecule has 0 bridgehead atoms. The molecule has 2 heterocycles. The number of aliphatic hydroxyl groups excluding tert-OH is 1. The van der Waals surface area contributed by atoms with Crippen molar-refractivity contribution in [1.82, 2.24) is 25.5 Å². The van der Waals surface area contributed by atoms with E-state index in [0.29, 0.717) is 23.5 Å². The number of rotatable bonds is 7. The summed E-state index contributed by atoms with van der Waals surface area (Å²) in [5, 5.41) is 28.3. The van der Waals surface area contributed by atoms with Gasteiger partial charge in [-0.2, -0.15) is 0 Å². The molecule has 1 aromatic carbocycles. The molecule has 1 fully saturated rings. The zero-order valence-corrected chi connectivity index (χ0v) is 16.8. The van der Waals surface area contributed by atoms with Crippen LogP contribution in [0.2, 0.25) is 0 Å². The third-order valence-electron chi connectivity index (χ3n) is 4.85. The van der Waals surface area contributed by atoms with Crippen LogP contribution in [0.5, 0.6) is 0 Å². The van der Waals surface area contributed by atoms with Crippen molar-refractivity contribution in [2.24, 2.45) is 16.0 Å². The van der Waals surface area contributed by atoms with Crippen molar-refractivity contribution in [2.75, 3.05) is 19.7 Å². The van der Waals surface area contributed by atoms with Gasteiger partial charge < -0.3 is 10.0 Å². The van der Waals surface area contributed by atoms with Crippen molar-refractivity contribution in [3.63, 3.8) is 0 Å². The van der Waals surface area contributed by atoms with Crippen molar-refractivity contribution < 1.29 is 13.5 Å². The molecule has 11 heteroatoms. The van der Waals surface area contributed by atoms with Gasteiger partial charge in [-0.05, 0) is 53.8 Å². The smallest absolute Gasteiger partial charge is 0.238 e. The highest BCUT2D eigenvalue weighted by Gasteiger charge is 2.23. The molecule has 2 aromatic rings. The predicted molar refractivity (Wildman–Crippen MR) is 109 cm³/mol. The molecule has 0 amide bonds. The maximum atomic E-state index is 12.1. The number of sulfonamides is 1. The van der Waals surface area contributed by atoms with Gasteiger partial charge in [0.15, 0.2) is 5.82 Å². The molecule has 0 aliphatic carbocycles. The first-order valence-electron chi connectivity index (χ1n) is 8.96. The number of nitrogens with two attached hydrogens (primary N) is 1. The number of aliphatic imine (C=N–C) groups is 1. The van der Waals surface area contributed by atoms with Gasteiger partial charge >= 0.3 is 0 Å². The molecule has 1 aliphatic rings. The summed E-state index contributed by atoms with van der Waals surface area (Å²) in [6.45, 7) is 7.12. The second-order valence-electron chi connectivity index (χ2n) is 6.79. The summed E-state index contributed by atoms with van der Waals surface area (Å²) in [6.07, 6.45) is 4.53. The molecule has 1 aromatic heterocycles. The molecule has 1 atom stereocenters. The van der Waals surface area contributed by atoms with Crippen LogP contribution in [-0.4, -0.2) is 65.5 Å². The van der Waals surface area contributed by atoms with E-state index in [1.54, 1.807) is 12.1 Å². The molecule has 29 heavy (non-hydrogen) atoms. The number of tetrazole rings is 1. The maximum Gasteiger partial charge on any atom is 0.238 e. The summed E-state index contributed by atoms with van der Waals surface area (Å²) in [5.74, 6) is 1.11. The van der Waals surface area contributed by atoms with Crippen LogP contribution in [0.1, 0.15) is 18.9 Å². The molecule has 10 nitrogen and oxygen atoms in total. The highest BCUT2D eigenvalue weighted by atomic mass is 32.2. The highest BCUT2D eigenvalue weighted by molar-refractivity contribution is 7.89. The third kappa shape index (κ3) is 4.58. The lowest BCUT2D eigenvalue weighted by Crippen LogP contribution is -2.19. The van der Waals surface area contributed by atoms with E-state index >= 15 is 0 Å². The number of aliphatic hydroxyl groups is 1. The first kappa shape index (κ1) is 20.8. The Labute approximate surface area is 168 Å². The van der Waals surface area contributed by atoms with Crippen LogP contribution in [0.25, 0.3) is 17.0 Å². The Balaban J connectivity index is 2.03. The Kier molecular flexibility index (Phi) is 6.20. The van der Waals surface area contributed by atoms with Crippen LogP contribution in [0.4, 0.5) is 0 Å². The van der Waals surface area contributed by atoms with Crippen LogP contribution >= 0.6 is 0 Å². The van der Waals surface area contributed by atoms with E-state index in [1.165, 1.54) is 6.07 Å². The number of hydrogen-bond donors (Lipinski definition) is 3. The Morgan fingerprint density at radius 2 is 2.28 bits per heavy atom. The number of benzene rings is 1. The summed E-state index contributed by atoms with van der Waals surface area (Å²) < 4.78 is 24.2. The van der Waals surface area contributed by atoms with E-state index in [2.05, 4.69) is 37.2 Å². The quantitative estimate of drug-likeness (QED) is 0.445. The van der Waals surface area contributed by atoms with Crippen LogP contribution in [0.3, 0.4) is 0 Å². The molecule has 1 aliphatic heterocycles. The van der Waals surface area contributed by atoms with Crippen molar-refractivity contribution in [3.8, 4) is 11.4 Å². The Morgan fingerprint density at radius 3 is 2.86 bits per heavy atom. The van der Waals surface area contributed by atoms with E-state index in [0.717, 1.165) is 18.5 Å². The first-order chi connectivity index (χ1) is 13.8. The average Bonchev–Trinajstić information content (AvgIpc) is 3.39. The van der Waals surface area contributed by atoms with Gasteiger partial charge in [0.1, 0.15) is 5.82 Å². The normalized spacial score (nSPS) is 18.3. The highest BCUT2D eigenvalue weighted by Crippen LogP contribution is 2.32. The molecule has 154 valence electrons. The first-order valence-corrected chi connectivity index (χ1v) is 10.5. The molecular weight excluding hydrogens is 394 g/mol. The van der Waals surface area contributed by atoms with Crippen LogP contribution in [0.15, 0.2) is 46.1 Å². The lowest BCUT2D eigenvalue weighted by Gasteiger charge is -2.18. The summed E-state index contributed by atoms with van der Waals surface area (Å²) in [5.41, 5.74) is 1.68. The molecule has 0 spiro atoms. The number of nitrogens with zero attached hydrogens (tertiary/aromatic N) is 5. The lowest BCUT2D eigenvalue weighted by molar-refractivity contribution is 0.228. The van der Waals surface area contributed by atoms with E-state index in [9.17, 15) is 13.5 Å². The van der Waals surface area contributed by atoms with Crippen LogP contribution < -0.4 is 5.14 Å². The van der Waals surface area contributed by atoms with Crippen molar-refractivity contribution in [3.05, 3.63) is 41.7 Å². The van der Waals surface area contributed by atoms with E-state index in [4.69, 9.17) is 5.14 Å². The van der Waals surface area contributed by atoms with Gasteiger partial charge in [-0.25, -0.2) is 23.6 Å². The van der Waals surface area contributed by atoms with E-state index in [1.807, 2.05) is 19.1 Å². The van der Waals surface area contributed by atoms with Gasteiger partial charge in [0.05, 0.1) is 4.90 Å². The number of likely N-dealkylation sites (tertiary alicyclic amines) is 1. The molecule has 1 unspecified atom stereocenters. The fourth-order valence-electron chi connectivity index (χ4n) is 3.34. The van der Waals surface area contributed by atoms with Gasteiger partial charge in [0.25, 0.3) is 0 Å². The number of hydrogen-bond acceptors (Lipinski definition) is 8. The standard InChI is InChI=1S/C18H23N7O3S/c1-12(6-7-16(20-2)25-9-8-13(10-25)11-26)14-4-3-5-15(29(19,27)28)17(14)18-21-23-24-22-18/h3-7,13,26H,2,8-11H2,1H3,(H2,19,27,28)(H,21,22,23,24)/b12-6+,16-7+. The predicted octanol–water partition coefficient (Wildman–Crippen LogP) is 0.774. The number of nitrogens with one attached hydrogen (secondary N) is 1. The minimum absolute atomic E-state index is 0.0716. The number of primary sulfonamides is 1. The average molecular weight is 417 g/mol.